The molecule has 0 unspecified atom stereocenters. The molecule has 3 rings (SSSR count). The number of nitrogens with zero attached hydrogens (tertiary/aromatic N) is 2. The Bertz CT molecular complexity index is 592. The SMILES string of the molecule is CC1(C)OB(c2cccc(-n3cccn3)c2)OC1(C)C. The fourth-order valence-corrected chi connectivity index (χ4v) is 2.21. The Hall–Kier alpha value is -1.59. The van der Waals surface area contributed by atoms with E-state index in [9.17, 15) is 0 Å². The van der Waals surface area contributed by atoms with Crippen molar-refractivity contribution in [3.8, 4) is 5.69 Å². The Morgan fingerprint density at radius 2 is 1.75 bits per heavy atom. The molecule has 20 heavy (non-hydrogen) atoms. The number of benzene rings is 1. The number of rotatable bonds is 2. The molecule has 1 saturated heterocycles. The van der Waals surface area contributed by atoms with Gasteiger partial charge in [-0.1, -0.05) is 12.1 Å². The summed E-state index contributed by atoms with van der Waals surface area (Å²) in [5, 5.41) is 4.25. The van der Waals surface area contributed by atoms with Crippen LogP contribution in [0.15, 0.2) is 42.7 Å². The molecular formula is C15H19BN2O2. The molecule has 0 spiro atoms. The van der Waals surface area contributed by atoms with Crippen LogP contribution in [0.25, 0.3) is 5.69 Å². The molecule has 0 N–H and O–H groups in total. The maximum Gasteiger partial charge on any atom is 0.494 e. The second-order valence-electron chi connectivity index (χ2n) is 6.13. The van der Waals surface area contributed by atoms with Gasteiger partial charge in [0.05, 0.1) is 16.9 Å². The van der Waals surface area contributed by atoms with Gasteiger partial charge >= 0.3 is 7.12 Å². The summed E-state index contributed by atoms with van der Waals surface area (Å²) < 4.78 is 14.0. The summed E-state index contributed by atoms with van der Waals surface area (Å²) in [6, 6.07) is 9.99. The highest BCUT2D eigenvalue weighted by Gasteiger charge is 2.51. The van der Waals surface area contributed by atoms with E-state index in [2.05, 4.69) is 38.9 Å². The quantitative estimate of drug-likeness (QED) is 0.785. The first kappa shape index (κ1) is 13.4. The molecule has 1 aliphatic heterocycles. The van der Waals surface area contributed by atoms with Gasteiger partial charge in [-0.3, -0.25) is 0 Å². The first-order valence-corrected chi connectivity index (χ1v) is 6.85. The van der Waals surface area contributed by atoms with Crippen LogP contribution in [-0.4, -0.2) is 28.1 Å². The highest BCUT2D eigenvalue weighted by Crippen LogP contribution is 2.36. The molecule has 2 aromatic rings. The Morgan fingerprint density at radius 3 is 2.35 bits per heavy atom. The Labute approximate surface area is 119 Å². The Kier molecular flexibility index (Phi) is 2.99. The first-order valence-electron chi connectivity index (χ1n) is 6.85. The van der Waals surface area contributed by atoms with Crippen LogP contribution in [0, 0.1) is 0 Å². The van der Waals surface area contributed by atoms with Gasteiger partial charge in [0.1, 0.15) is 0 Å². The molecule has 1 aromatic heterocycles. The molecule has 0 radical (unpaired) electrons. The Balaban J connectivity index is 1.91. The second-order valence-corrected chi connectivity index (χ2v) is 6.13. The normalized spacial score (nSPS) is 20.3. The van der Waals surface area contributed by atoms with Crippen LogP contribution in [0.2, 0.25) is 0 Å². The molecular weight excluding hydrogens is 251 g/mol. The largest absolute Gasteiger partial charge is 0.494 e. The fourth-order valence-electron chi connectivity index (χ4n) is 2.21. The summed E-state index contributed by atoms with van der Waals surface area (Å²) in [6.45, 7) is 8.24. The standard InChI is InChI=1S/C15H19BN2O2/c1-14(2)15(3,4)20-16(19-14)12-7-5-8-13(11-12)18-10-6-9-17-18/h5-11H,1-4H3. The molecule has 4 nitrogen and oxygen atoms in total. The molecule has 1 aromatic carbocycles. The zero-order chi connectivity index (χ0) is 14.4. The third-order valence-electron chi connectivity index (χ3n) is 4.16. The predicted molar refractivity (Wildman–Crippen MR) is 79.3 cm³/mol. The van der Waals surface area contributed by atoms with E-state index in [1.54, 1.807) is 6.20 Å². The van der Waals surface area contributed by atoms with E-state index in [0.717, 1.165) is 11.2 Å². The summed E-state index contributed by atoms with van der Waals surface area (Å²) in [5.74, 6) is 0. The monoisotopic (exact) mass is 270 g/mol. The van der Waals surface area contributed by atoms with Gasteiger partial charge in [0.25, 0.3) is 0 Å². The summed E-state index contributed by atoms with van der Waals surface area (Å²) in [4.78, 5) is 0. The van der Waals surface area contributed by atoms with Crippen molar-refractivity contribution >= 4 is 12.6 Å². The van der Waals surface area contributed by atoms with E-state index in [-0.39, 0.29) is 18.3 Å². The van der Waals surface area contributed by atoms with Gasteiger partial charge in [-0.15, -0.1) is 0 Å². The number of hydrogen-bond donors (Lipinski definition) is 0. The molecule has 1 aliphatic rings. The average Bonchev–Trinajstić information content (AvgIpc) is 2.97. The zero-order valence-corrected chi connectivity index (χ0v) is 12.3. The van der Waals surface area contributed by atoms with Gasteiger partial charge in [0, 0.05) is 12.4 Å². The smallest absolute Gasteiger partial charge is 0.399 e. The molecule has 0 atom stereocenters. The molecule has 2 heterocycles. The van der Waals surface area contributed by atoms with Gasteiger partial charge in [0.15, 0.2) is 0 Å². The Morgan fingerprint density at radius 1 is 1.05 bits per heavy atom. The van der Waals surface area contributed by atoms with Crippen molar-refractivity contribution in [2.45, 2.75) is 38.9 Å². The van der Waals surface area contributed by atoms with Gasteiger partial charge in [-0.25, -0.2) is 4.68 Å². The molecule has 0 amide bonds. The van der Waals surface area contributed by atoms with E-state index in [0.29, 0.717) is 0 Å². The highest BCUT2D eigenvalue weighted by atomic mass is 16.7. The third-order valence-corrected chi connectivity index (χ3v) is 4.16. The molecule has 0 aliphatic carbocycles. The second kappa shape index (κ2) is 4.47. The van der Waals surface area contributed by atoms with Crippen LogP contribution >= 0.6 is 0 Å². The predicted octanol–water partition coefficient (Wildman–Crippen LogP) is 2.17. The molecule has 104 valence electrons. The van der Waals surface area contributed by atoms with E-state index in [1.165, 1.54) is 0 Å². The minimum Gasteiger partial charge on any atom is -0.399 e. The zero-order valence-electron chi connectivity index (χ0n) is 12.3. The molecule has 1 fully saturated rings. The van der Waals surface area contributed by atoms with Crippen molar-refractivity contribution in [2.24, 2.45) is 0 Å². The van der Waals surface area contributed by atoms with E-state index < -0.39 is 0 Å². The topological polar surface area (TPSA) is 36.3 Å². The maximum atomic E-state index is 6.07. The van der Waals surface area contributed by atoms with Crippen LogP contribution in [0.4, 0.5) is 0 Å². The number of hydrogen-bond acceptors (Lipinski definition) is 3. The lowest BCUT2D eigenvalue weighted by atomic mass is 9.79. The lowest BCUT2D eigenvalue weighted by Crippen LogP contribution is -2.41. The highest BCUT2D eigenvalue weighted by molar-refractivity contribution is 6.62. The maximum absolute atomic E-state index is 6.07. The van der Waals surface area contributed by atoms with Crippen molar-refractivity contribution in [1.29, 1.82) is 0 Å². The van der Waals surface area contributed by atoms with Crippen molar-refractivity contribution < 1.29 is 9.31 Å². The minimum absolute atomic E-state index is 0.320. The average molecular weight is 270 g/mol. The van der Waals surface area contributed by atoms with E-state index in [4.69, 9.17) is 9.31 Å². The summed E-state index contributed by atoms with van der Waals surface area (Å²) in [5.41, 5.74) is 1.37. The van der Waals surface area contributed by atoms with E-state index >= 15 is 0 Å². The molecule has 0 bridgehead atoms. The van der Waals surface area contributed by atoms with Crippen LogP contribution in [-0.2, 0) is 9.31 Å². The van der Waals surface area contributed by atoms with Crippen molar-refractivity contribution in [2.75, 3.05) is 0 Å². The van der Waals surface area contributed by atoms with Crippen molar-refractivity contribution in [3.63, 3.8) is 0 Å². The van der Waals surface area contributed by atoms with Crippen LogP contribution < -0.4 is 5.46 Å². The fraction of sp³-hybridized carbons (Fsp3) is 0.400. The van der Waals surface area contributed by atoms with Crippen molar-refractivity contribution in [3.05, 3.63) is 42.7 Å². The van der Waals surface area contributed by atoms with Crippen molar-refractivity contribution in [1.82, 2.24) is 9.78 Å². The lowest BCUT2D eigenvalue weighted by Gasteiger charge is -2.32. The van der Waals surface area contributed by atoms with Gasteiger partial charge in [0.2, 0.25) is 0 Å². The lowest BCUT2D eigenvalue weighted by molar-refractivity contribution is 0.00578. The molecule has 5 heteroatoms. The summed E-state index contributed by atoms with van der Waals surface area (Å²) in [7, 11) is -0.337. The first-order chi connectivity index (χ1) is 9.39. The van der Waals surface area contributed by atoms with Crippen LogP contribution in [0.1, 0.15) is 27.7 Å². The summed E-state index contributed by atoms with van der Waals surface area (Å²) >= 11 is 0. The van der Waals surface area contributed by atoms with Gasteiger partial charge in [-0.2, -0.15) is 5.10 Å². The number of aromatic nitrogens is 2. The summed E-state index contributed by atoms with van der Waals surface area (Å²) in [6.07, 6.45) is 3.69. The van der Waals surface area contributed by atoms with Gasteiger partial charge in [-0.05, 0) is 51.4 Å². The van der Waals surface area contributed by atoms with E-state index in [1.807, 2.05) is 35.1 Å². The third kappa shape index (κ3) is 2.17. The van der Waals surface area contributed by atoms with Crippen LogP contribution in [0.5, 0.6) is 0 Å². The van der Waals surface area contributed by atoms with Gasteiger partial charge < -0.3 is 9.31 Å². The van der Waals surface area contributed by atoms with Crippen LogP contribution in [0.3, 0.4) is 0 Å². The molecule has 0 saturated carbocycles. The minimum atomic E-state index is -0.337.